The fraction of sp³-hybridized carbons (Fsp3) is 1.00. The first-order valence-corrected chi connectivity index (χ1v) is 1.59. The summed E-state index contributed by atoms with van der Waals surface area (Å²) in [6.07, 6.45) is 0. The average molecular weight is 84.1 g/mol. The Morgan fingerprint density at radius 2 is 1.80 bits per heavy atom. The first-order valence-electron chi connectivity index (χ1n) is 1.07. The van der Waals surface area contributed by atoms with Crippen molar-refractivity contribution in [2.75, 3.05) is 0 Å². The third-order valence-electron chi connectivity index (χ3n) is 0. The van der Waals surface area contributed by atoms with Crippen LogP contribution in [0, 0.1) is 0 Å². The molecule has 3 heteroatoms. The average Bonchev–Trinajstić information content (AvgIpc) is 0.811. The Labute approximate surface area is 49.4 Å². The molecule has 0 rings (SSSR count). The van der Waals surface area contributed by atoms with Gasteiger partial charge in [0.25, 0.3) is 0 Å². The Hall–Kier alpha value is 0.907. The summed E-state index contributed by atoms with van der Waals surface area (Å²) in [4.78, 5) is 0. The van der Waals surface area contributed by atoms with E-state index in [4.69, 9.17) is 0 Å². The monoisotopic (exact) mass is 84.0 g/mol. The zero-order chi connectivity index (χ0) is 3.58. The molecule has 1 unspecified atom stereocenters. The normalized spacial score (nSPS) is 12.6. The summed E-state index contributed by atoms with van der Waals surface area (Å²) >= 11 is 3.41. The third kappa shape index (κ3) is 50.4. The Kier molecular flexibility index (Phi) is 9.15. The van der Waals surface area contributed by atoms with Crippen molar-refractivity contribution in [3.63, 3.8) is 0 Å². The van der Waals surface area contributed by atoms with Gasteiger partial charge in [-0.3, -0.25) is 0 Å². The van der Waals surface area contributed by atoms with Gasteiger partial charge in [-0.1, -0.05) is 12.4 Å². The van der Waals surface area contributed by atoms with Gasteiger partial charge in [0.1, 0.15) is 0 Å². The van der Waals surface area contributed by atoms with E-state index in [0.717, 1.165) is 0 Å². The van der Waals surface area contributed by atoms with Crippen LogP contribution in [0.3, 0.4) is 0 Å². The molecule has 0 aromatic rings. The first kappa shape index (κ1) is 9.32. The summed E-state index contributed by atoms with van der Waals surface area (Å²) in [5, 5.41) is 9.39. The summed E-state index contributed by atoms with van der Waals surface area (Å²) in [6, 6.07) is 0. The van der Waals surface area contributed by atoms with E-state index in [2.05, 4.69) is 12.6 Å². The van der Waals surface area contributed by atoms with E-state index in [0.29, 0.717) is 0 Å². The second kappa shape index (κ2) is 4.91. The van der Waals surface area contributed by atoms with Crippen molar-refractivity contribution in [3.05, 3.63) is 0 Å². The minimum atomic E-state index is -0.722. The van der Waals surface area contributed by atoms with Crippen molar-refractivity contribution < 1.29 is 24.0 Å². The third-order valence-corrected chi connectivity index (χ3v) is 0. The minimum absolute atomic E-state index is 0. The molecule has 1 nitrogen and oxygen atoms in total. The van der Waals surface area contributed by atoms with Gasteiger partial charge in [-0.2, -0.15) is 12.6 Å². The Morgan fingerprint density at radius 3 is 1.80 bits per heavy atom. The fourth-order valence-corrected chi connectivity index (χ4v) is 0. The standard InChI is InChI=1S/C2H5OS.Li/c1-2(3)4;/h2,4H,1H3;/q-1;+1. The molecule has 0 saturated carbocycles. The summed E-state index contributed by atoms with van der Waals surface area (Å²) in [5.41, 5.74) is -0.722. The van der Waals surface area contributed by atoms with Gasteiger partial charge in [-0.15, -0.1) is 0 Å². The molecular formula is C2H5LiOS. The zero-order valence-corrected chi connectivity index (χ0v) is 4.33. The van der Waals surface area contributed by atoms with Gasteiger partial charge in [0.15, 0.2) is 0 Å². The number of hydrogen-bond acceptors (Lipinski definition) is 2. The molecule has 0 radical (unpaired) electrons. The summed E-state index contributed by atoms with van der Waals surface area (Å²) < 4.78 is 0. The predicted molar refractivity (Wildman–Crippen MR) is 18.4 cm³/mol. The van der Waals surface area contributed by atoms with Crippen LogP contribution in [0.1, 0.15) is 6.92 Å². The molecule has 0 heterocycles. The van der Waals surface area contributed by atoms with Crippen molar-refractivity contribution >= 4 is 12.6 Å². The second-order valence-electron chi connectivity index (χ2n) is 0.599. The molecule has 0 N–H and O–H groups in total. The van der Waals surface area contributed by atoms with E-state index in [1.165, 1.54) is 6.92 Å². The molecular weight excluding hydrogens is 79.0 g/mol. The zero-order valence-electron chi connectivity index (χ0n) is 3.43. The predicted octanol–water partition coefficient (Wildman–Crippen LogP) is -3.37. The van der Waals surface area contributed by atoms with Crippen LogP contribution in [-0.4, -0.2) is 5.44 Å². The van der Waals surface area contributed by atoms with Crippen LogP contribution in [0.4, 0.5) is 0 Å². The Morgan fingerprint density at radius 1 is 1.80 bits per heavy atom. The van der Waals surface area contributed by atoms with Gasteiger partial charge in [0.2, 0.25) is 0 Å². The SMILES string of the molecule is CC([O-])S.[Li+]. The molecule has 0 aliphatic heterocycles. The van der Waals surface area contributed by atoms with Crippen molar-refractivity contribution in [2.45, 2.75) is 12.4 Å². The van der Waals surface area contributed by atoms with Gasteiger partial charge in [-0.25, -0.2) is 0 Å². The van der Waals surface area contributed by atoms with Gasteiger partial charge in [-0.05, 0) is 0 Å². The van der Waals surface area contributed by atoms with Gasteiger partial charge in [0.05, 0.1) is 0 Å². The molecule has 0 bridgehead atoms. The molecule has 0 amide bonds. The molecule has 0 fully saturated rings. The van der Waals surface area contributed by atoms with Crippen LogP contribution in [-0.2, 0) is 0 Å². The van der Waals surface area contributed by atoms with E-state index in [-0.39, 0.29) is 18.9 Å². The first-order chi connectivity index (χ1) is 1.73. The molecule has 0 aromatic heterocycles. The molecule has 0 aromatic carbocycles. The Bertz CT molecular complexity index is 14.4. The van der Waals surface area contributed by atoms with E-state index < -0.39 is 5.44 Å². The van der Waals surface area contributed by atoms with E-state index in [9.17, 15) is 5.11 Å². The van der Waals surface area contributed by atoms with Crippen LogP contribution in [0.5, 0.6) is 0 Å². The second-order valence-corrected chi connectivity index (χ2v) is 1.33. The molecule has 26 valence electrons. The number of rotatable bonds is 0. The van der Waals surface area contributed by atoms with Crippen LogP contribution >= 0.6 is 12.6 Å². The van der Waals surface area contributed by atoms with E-state index >= 15 is 0 Å². The van der Waals surface area contributed by atoms with E-state index in [1.54, 1.807) is 0 Å². The van der Waals surface area contributed by atoms with E-state index in [1.807, 2.05) is 0 Å². The van der Waals surface area contributed by atoms with Crippen molar-refractivity contribution in [1.29, 1.82) is 0 Å². The molecule has 0 aliphatic carbocycles. The molecule has 0 aliphatic rings. The summed E-state index contributed by atoms with van der Waals surface area (Å²) in [6.45, 7) is 1.48. The summed E-state index contributed by atoms with van der Waals surface area (Å²) in [7, 11) is 0. The van der Waals surface area contributed by atoms with Crippen LogP contribution < -0.4 is 24.0 Å². The molecule has 1 atom stereocenters. The van der Waals surface area contributed by atoms with Crippen molar-refractivity contribution in [2.24, 2.45) is 0 Å². The van der Waals surface area contributed by atoms with Crippen LogP contribution in [0.25, 0.3) is 0 Å². The molecule has 0 spiro atoms. The maximum atomic E-state index is 9.39. The summed E-state index contributed by atoms with van der Waals surface area (Å²) in [5.74, 6) is 0. The largest absolute Gasteiger partial charge is 1.00 e. The van der Waals surface area contributed by atoms with Crippen molar-refractivity contribution in [1.82, 2.24) is 0 Å². The fourth-order valence-electron chi connectivity index (χ4n) is 0. The maximum absolute atomic E-state index is 9.39. The smallest absolute Gasteiger partial charge is 0.844 e. The molecule has 5 heavy (non-hydrogen) atoms. The quantitative estimate of drug-likeness (QED) is 0.185. The van der Waals surface area contributed by atoms with Gasteiger partial charge >= 0.3 is 18.9 Å². The van der Waals surface area contributed by atoms with Crippen LogP contribution in [0.15, 0.2) is 0 Å². The van der Waals surface area contributed by atoms with Gasteiger partial charge < -0.3 is 5.11 Å². The maximum Gasteiger partial charge on any atom is 1.00 e. The van der Waals surface area contributed by atoms with Crippen LogP contribution in [0.2, 0.25) is 0 Å². The molecule has 0 saturated heterocycles. The number of thiol groups is 1. The Balaban J connectivity index is 0. The minimum Gasteiger partial charge on any atom is -0.844 e. The topological polar surface area (TPSA) is 23.1 Å². The number of hydrogen-bond donors (Lipinski definition) is 1. The van der Waals surface area contributed by atoms with Crippen molar-refractivity contribution in [3.8, 4) is 0 Å². The van der Waals surface area contributed by atoms with Gasteiger partial charge in [0, 0.05) is 0 Å².